The number of amides is 5. The molecular formula is C36H57N5O6S. The Morgan fingerprint density at radius 1 is 1.06 bits per heavy atom. The van der Waals surface area contributed by atoms with Gasteiger partial charge in [0.05, 0.1) is 11.6 Å². The number of piperidine rings is 1. The average Bonchev–Trinajstić information content (AvgIpc) is 3.30. The van der Waals surface area contributed by atoms with Gasteiger partial charge in [-0.25, -0.2) is 4.79 Å². The lowest BCUT2D eigenvalue weighted by atomic mass is 9.83. The van der Waals surface area contributed by atoms with E-state index in [1.165, 1.54) is 11.0 Å². The Morgan fingerprint density at radius 2 is 1.69 bits per heavy atom. The van der Waals surface area contributed by atoms with Gasteiger partial charge in [0.15, 0.2) is 0 Å². The summed E-state index contributed by atoms with van der Waals surface area (Å²) in [5, 5.41) is 11.3. The molecule has 11 nitrogen and oxygen atoms in total. The van der Waals surface area contributed by atoms with Crippen LogP contribution in [0.3, 0.4) is 0 Å². The minimum atomic E-state index is -1.19. The third kappa shape index (κ3) is 9.14. The second-order valence-corrected chi connectivity index (χ2v) is 18.6. The van der Waals surface area contributed by atoms with Crippen molar-refractivity contribution in [2.24, 2.45) is 22.7 Å². The van der Waals surface area contributed by atoms with Crippen molar-refractivity contribution in [2.75, 3.05) is 18.8 Å². The molecule has 4 unspecified atom stereocenters. The summed E-state index contributed by atoms with van der Waals surface area (Å²) in [5.74, 6) is 0.0756. The fraction of sp³-hybridized carbons (Fsp3) is 0.750. The fourth-order valence-electron chi connectivity index (χ4n) is 7.20. The van der Waals surface area contributed by atoms with Crippen LogP contribution < -0.4 is 21.3 Å². The van der Waals surface area contributed by atoms with E-state index in [0.29, 0.717) is 25.1 Å². The van der Waals surface area contributed by atoms with Gasteiger partial charge >= 0.3 is 6.03 Å². The van der Waals surface area contributed by atoms with E-state index in [2.05, 4.69) is 33.8 Å². The zero-order valence-corrected chi connectivity index (χ0v) is 30.9. The van der Waals surface area contributed by atoms with E-state index in [1.54, 1.807) is 0 Å². The predicted molar refractivity (Wildman–Crippen MR) is 188 cm³/mol. The van der Waals surface area contributed by atoms with Crippen molar-refractivity contribution >= 4 is 40.7 Å². The Bertz CT molecular complexity index is 1290. The summed E-state index contributed by atoms with van der Waals surface area (Å²) >= 11 is -1.19. The minimum absolute atomic E-state index is 0.0558. The van der Waals surface area contributed by atoms with Gasteiger partial charge in [-0.3, -0.25) is 19.2 Å². The number of rotatable bonds is 13. The Balaban J connectivity index is 1.84. The normalized spacial score (nSPS) is 24.5. The van der Waals surface area contributed by atoms with Crippen LogP contribution in [0.5, 0.6) is 0 Å². The third-order valence-electron chi connectivity index (χ3n) is 10.3. The molecule has 2 aliphatic carbocycles. The molecule has 2 saturated carbocycles. The lowest BCUT2D eigenvalue weighted by Gasteiger charge is -2.41. The van der Waals surface area contributed by atoms with E-state index in [4.69, 9.17) is 6.42 Å². The zero-order valence-electron chi connectivity index (χ0n) is 30.1. The van der Waals surface area contributed by atoms with Crippen LogP contribution in [0.25, 0.3) is 0 Å². The molecule has 5 amide bonds. The van der Waals surface area contributed by atoms with Crippen molar-refractivity contribution in [3.8, 4) is 12.3 Å². The van der Waals surface area contributed by atoms with Crippen LogP contribution in [0.15, 0.2) is 12.7 Å². The summed E-state index contributed by atoms with van der Waals surface area (Å²) in [5.41, 5.74) is -1.58. The molecule has 1 aliphatic heterocycles. The lowest BCUT2D eigenvalue weighted by Crippen LogP contribution is -2.64. The molecule has 1 heterocycles. The van der Waals surface area contributed by atoms with Crippen LogP contribution >= 0.6 is 0 Å². The number of nitrogens with zero attached hydrogens (tertiary/aromatic N) is 1. The summed E-state index contributed by atoms with van der Waals surface area (Å²) in [6.07, 6.45) is 11.4. The highest BCUT2D eigenvalue weighted by atomic mass is 32.2. The maximum absolute atomic E-state index is 14.4. The van der Waals surface area contributed by atoms with Crippen LogP contribution in [-0.4, -0.2) is 86.2 Å². The van der Waals surface area contributed by atoms with Gasteiger partial charge in [-0.15, -0.1) is 18.9 Å². The first-order valence-corrected chi connectivity index (χ1v) is 18.5. The van der Waals surface area contributed by atoms with Crippen LogP contribution in [-0.2, 0) is 30.4 Å². The summed E-state index contributed by atoms with van der Waals surface area (Å²) in [6, 6.07) is -3.55. The third-order valence-corrected chi connectivity index (χ3v) is 12.5. The van der Waals surface area contributed by atoms with Gasteiger partial charge in [0.25, 0.3) is 5.91 Å². The largest absolute Gasteiger partial charge is 0.616 e. The second-order valence-electron chi connectivity index (χ2n) is 16.4. The molecule has 1 saturated heterocycles. The van der Waals surface area contributed by atoms with E-state index in [0.717, 1.165) is 19.3 Å². The first-order chi connectivity index (χ1) is 22.2. The maximum atomic E-state index is 14.4. The Labute approximate surface area is 290 Å². The Morgan fingerprint density at radius 3 is 2.23 bits per heavy atom. The average molecular weight is 688 g/mol. The highest BCUT2D eigenvalue weighted by Crippen LogP contribution is 2.65. The summed E-state index contributed by atoms with van der Waals surface area (Å²) in [6.45, 7) is 19.4. The number of carbonyl (C=O) groups excluding carboxylic acids is 5. The van der Waals surface area contributed by atoms with Gasteiger partial charge in [0, 0.05) is 19.5 Å². The number of fused-ring (bicyclic) bond motifs is 1. The monoisotopic (exact) mass is 687 g/mol. The number of nitrogens with one attached hydrogen (secondary N) is 4. The highest BCUT2D eigenvalue weighted by molar-refractivity contribution is 7.92. The lowest BCUT2D eigenvalue weighted by molar-refractivity contribution is -0.145. The van der Waals surface area contributed by atoms with Crippen molar-refractivity contribution in [1.82, 2.24) is 26.2 Å². The molecule has 0 aromatic heterocycles. The molecule has 268 valence electrons. The summed E-state index contributed by atoms with van der Waals surface area (Å²) in [7, 11) is 0. The molecular weight excluding hydrogens is 630 g/mol. The van der Waals surface area contributed by atoms with Crippen LogP contribution in [0.1, 0.15) is 100 Å². The minimum Gasteiger partial charge on any atom is -0.616 e. The smallest absolute Gasteiger partial charge is 0.316 e. The quantitative estimate of drug-likeness (QED) is 0.101. The van der Waals surface area contributed by atoms with E-state index < -0.39 is 74.5 Å². The van der Waals surface area contributed by atoms with E-state index in [-0.39, 0.29) is 36.6 Å². The van der Waals surface area contributed by atoms with Crippen molar-refractivity contribution < 1.29 is 28.5 Å². The number of ketones is 1. The fourth-order valence-corrected chi connectivity index (χ4v) is 8.50. The highest BCUT2D eigenvalue weighted by Gasteiger charge is 2.70. The molecule has 3 fully saturated rings. The van der Waals surface area contributed by atoms with Gasteiger partial charge in [-0.2, -0.15) is 0 Å². The standard InChI is InChI=1S/C36H57N5O6S/c1-11-13-17-24(27(42)30(44)37-20-12-2)38-29(43)26-25-23(35(25,9)10)21-41(26)31(45)28(33(3,4)5)39-32(46)40-36(18-15-14-16-19-36)22-48(47)34(6,7)8/h1,12,23-26,28H,2,13-22H2,3-10H3,(H,37,44)(H,38,43)(H2,39,40,46)/t23?,24?,25?,26-,28+,48?/m0/s1. The van der Waals surface area contributed by atoms with Gasteiger partial charge < -0.3 is 30.7 Å². The molecule has 3 rings (SSSR count). The van der Waals surface area contributed by atoms with Crippen LogP contribution in [0.4, 0.5) is 4.79 Å². The SMILES string of the molecule is C#CCCC(NC(=O)[C@@H]1C2C(CN1C(=O)[C@@H](NC(=O)NC1(C[S+]([O-])C(C)(C)C)CCCCC1)C(C)(C)C)C2(C)C)C(=O)C(=O)NCC=C. The zero-order chi connectivity index (χ0) is 36.2. The maximum Gasteiger partial charge on any atom is 0.316 e. The number of likely N-dealkylation sites (tertiary alicyclic amines) is 1. The molecule has 12 heteroatoms. The number of urea groups is 1. The topological polar surface area (TPSA) is 160 Å². The number of carbonyl (C=O) groups is 5. The number of terminal acetylenes is 1. The van der Waals surface area contributed by atoms with Crippen LogP contribution in [0.2, 0.25) is 0 Å². The molecule has 0 bridgehead atoms. The van der Waals surface area contributed by atoms with Crippen molar-refractivity contribution in [3.05, 3.63) is 12.7 Å². The molecule has 0 aromatic carbocycles. The molecule has 6 atom stereocenters. The molecule has 0 aromatic rings. The molecule has 3 aliphatic rings. The first-order valence-electron chi connectivity index (χ1n) is 17.1. The van der Waals surface area contributed by atoms with Gasteiger partial charge in [0.2, 0.25) is 17.6 Å². The molecule has 4 N–H and O–H groups in total. The summed E-state index contributed by atoms with van der Waals surface area (Å²) < 4.78 is 12.8. The van der Waals surface area contributed by atoms with E-state index in [9.17, 15) is 28.5 Å². The first kappa shape index (κ1) is 39.4. The van der Waals surface area contributed by atoms with Crippen molar-refractivity contribution in [3.63, 3.8) is 0 Å². The molecule has 0 radical (unpaired) electrons. The second kappa shape index (κ2) is 15.2. The molecule has 48 heavy (non-hydrogen) atoms. The van der Waals surface area contributed by atoms with Gasteiger partial charge in [0.1, 0.15) is 22.6 Å². The van der Waals surface area contributed by atoms with Gasteiger partial charge in [-0.1, -0.05) is 60.0 Å². The number of hydrogen-bond donors (Lipinski definition) is 4. The van der Waals surface area contributed by atoms with Crippen molar-refractivity contribution in [1.29, 1.82) is 0 Å². The number of hydrogen-bond acceptors (Lipinski definition) is 6. The van der Waals surface area contributed by atoms with Crippen molar-refractivity contribution in [2.45, 2.75) is 129 Å². The van der Waals surface area contributed by atoms with E-state index in [1.807, 2.05) is 55.4 Å². The number of Topliss-reactive ketones (excluding diaryl/α,β-unsaturated/α-hetero) is 1. The molecule has 0 spiro atoms. The summed E-state index contributed by atoms with van der Waals surface area (Å²) in [4.78, 5) is 69.2. The Hall–Kier alpha value is -3.04. The van der Waals surface area contributed by atoms with Crippen LogP contribution in [0, 0.1) is 35.0 Å². The van der Waals surface area contributed by atoms with E-state index >= 15 is 0 Å². The van der Waals surface area contributed by atoms with Gasteiger partial charge in [-0.05, 0) is 73.9 Å². The predicted octanol–water partition coefficient (Wildman–Crippen LogP) is 3.20. The Kier molecular flexibility index (Phi) is 12.5.